The Bertz CT molecular complexity index is 625. The molecule has 1 aliphatic rings. The number of nitrogens with zero attached hydrogens (tertiary/aromatic N) is 2. The second-order valence-electron chi connectivity index (χ2n) is 6.97. The van der Waals surface area contributed by atoms with Crippen molar-refractivity contribution < 1.29 is 9.59 Å². The van der Waals surface area contributed by atoms with Gasteiger partial charge in [0.15, 0.2) is 0 Å². The van der Waals surface area contributed by atoms with Gasteiger partial charge in [-0.1, -0.05) is 11.6 Å². The molecule has 0 radical (unpaired) electrons. The largest absolute Gasteiger partial charge is 0.333 e. The van der Waals surface area contributed by atoms with Crippen molar-refractivity contribution in [2.45, 2.75) is 46.2 Å². The molecule has 1 N–H and O–H groups in total. The number of hydrogen-bond donors (Lipinski definition) is 1. The smallest absolute Gasteiger partial charge is 0.318 e. The van der Waals surface area contributed by atoms with Gasteiger partial charge in [-0.3, -0.25) is 4.79 Å². The fourth-order valence-electron chi connectivity index (χ4n) is 2.70. The molecule has 1 aliphatic heterocycles. The van der Waals surface area contributed by atoms with Crippen LogP contribution in [0, 0.1) is 6.92 Å². The van der Waals surface area contributed by atoms with E-state index in [0.717, 1.165) is 11.3 Å². The molecule has 0 bridgehead atoms. The lowest BCUT2D eigenvalue weighted by Crippen LogP contribution is -2.61. The van der Waals surface area contributed by atoms with Crippen LogP contribution in [0.2, 0.25) is 5.02 Å². The van der Waals surface area contributed by atoms with E-state index in [0.29, 0.717) is 18.1 Å². The maximum atomic E-state index is 12.7. The molecule has 1 aromatic rings. The monoisotopic (exact) mass is 337 g/mol. The molecule has 6 heteroatoms. The summed E-state index contributed by atoms with van der Waals surface area (Å²) in [5, 5.41) is 3.56. The van der Waals surface area contributed by atoms with E-state index in [9.17, 15) is 9.59 Å². The Hall–Kier alpha value is -1.75. The molecule has 0 aliphatic carbocycles. The topological polar surface area (TPSA) is 52.6 Å². The highest BCUT2D eigenvalue weighted by Gasteiger charge is 2.36. The van der Waals surface area contributed by atoms with Crippen molar-refractivity contribution in [2.24, 2.45) is 0 Å². The minimum atomic E-state index is -0.499. The third-order valence-electron chi connectivity index (χ3n) is 3.85. The zero-order valence-corrected chi connectivity index (χ0v) is 15.1. The van der Waals surface area contributed by atoms with Crippen molar-refractivity contribution in [3.05, 3.63) is 28.8 Å². The van der Waals surface area contributed by atoms with Crippen molar-refractivity contribution >= 4 is 29.2 Å². The molecule has 0 aromatic heterocycles. The number of carbonyl (C=O) groups is 2. The van der Waals surface area contributed by atoms with E-state index in [4.69, 9.17) is 11.6 Å². The predicted molar refractivity (Wildman–Crippen MR) is 93.0 cm³/mol. The number of benzene rings is 1. The Morgan fingerprint density at radius 3 is 2.52 bits per heavy atom. The number of hydrogen-bond acceptors (Lipinski definition) is 2. The summed E-state index contributed by atoms with van der Waals surface area (Å²) in [6, 6.07) is 4.77. The van der Waals surface area contributed by atoms with Crippen LogP contribution in [0.5, 0.6) is 0 Å². The zero-order chi connectivity index (χ0) is 17.4. The molecule has 2 rings (SSSR count). The van der Waals surface area contributed by atoms with Gasteiger partial charge in [-0.05, 0) is 58.4 Å². The second-order valence-corrected chi connectivity index (χ2v) is 7.41. The van der Waals surface area contributed by atoms with Gasteiger partial charge in [0.1, 0.15) is 6.04 Å². The number of urea groups is 1. The summed E-state index contributed by atoms with van der Waals surface area (Å²) < 4.78 is 0. The van der Waals surface area contributed by atoms with Crippen LogP contribution < -0.4 is 10.2 Å². The first-order valence-electron chi connectivity index (χ1n) is 7.76. The van der Waals surface area contributed by atoms with Gasteiger partial charge in [-0.25, -0.2) is 4.79 Å². The first kappa shape index (κ1) is 17.6. The van der Waals surface area contributed by atoms with E-state index < -0.39 is 6.04 Å². The molecule has 3 amide bonds. The van der Waals surface area contributed by atoms with E-state index in [1.807, 2.05) is 39.8 Å². The highest BCUT2D eigenvalue weighted by atomic mass is 35.5. The number of halogens is 1. The van der Waals surface area contributed by atoms with Gasteiger partial charge in [0.2, 0.25) is 5.91 Å². The van der Waals surface area contributed by atoms with E-state index in [1.165, 1.54) is 0 Å². The summed E-state index contributed by atoms with van der Waals surface area (Å²) >= 11 is 5.98. The molecule has 1 fully saturated rings. The minimum absolute atomic E-state index is 0.0780. The molecule has 1 aromatic carbocycles. The lowest BCUT2D eigenvalue weighted by Gasteiger charge is -2.40. The molecular formula is C17H24ClN3O2. The number of anilines is 1. The minimum Gasteiger partial charge on any atom is -0.333 e. The fourth-order valence-corrected chi connectivity index (χ4v) is 2.93. The summed E-state index contributed by atoms with van der Waals surface area (Å²) in [6.45, 7) is 10.4. The van der Waals surface area contributed by atoms with Crippen molar-refractivity contribution in [2.75, 3.05) is 18.0 Å². The molecule has 23 heavy (non-hydrogen) atoms. The highest BCUT2D eigenvalue weighted by molar-refractivity contribution is 6.30. The lowest BCUT2D eigenvalue weighted by atomic mass is 10.1. The molecule has 1 unspecified atom stereocenters. The second kappa shape index (κ2) is 6.40. The van der Waals surface area contributed by atoms with Gasteiger partial charge in [-0.2, -0.15) is 0 Å². The van der Waals surface area contributed by atoms with Crippen LogP contribution in [0.1, 0.15) is 33.3 Å². The first-order chi connectivity index (χ1) is 10.6. The van der Waals surface area contributed by atoms with Crippen LogP contribution in [0.15, 0.2) is 18.2 Å². The summed E-state index contributed by atoms with van der Waals surface area (Å²) in [5.41, 5.74) is 1.47. The standard InChI is InChI=1S/C17H24ClN3O2/c1-11-10-13(18)6-7-14(11)21-9-8-20(12(2)15(21)22)16(23)19-17(3,4)5/h6-7,10,12H,8-9H2,1-5H3,(H,19,23). The molecule has 0 saturated carbocycles. The Kier molecular flexibility index (Phi) is 4.90. The summed E-state index contributed by atoms with van der Waals surface area (Å²) in [7, 11) is 0. The van der Waals surface area contributed by atoms with E-state index >= 15 is 0 Å². The van der Waals surface area contributed by atoms with Crippen LogP contribution >= 0.6 is 11.6 Å². The number of carbonyl (C=O) groups excluding carboxylic acids is 2. The molecular weight excluding hydrogens is 314 g/mol. The van der Waals surface area contributed by atoms with Gasteiger partial charge in [-0.15, -0.1) is 0 Å². The summed E-state index contributed by atoms with van der Waals surface area (Å²) in [5.74, 6) is -0.0780. The molecule has 126 valence electrons. The first-order valence-corrected chi connectivity index (χ1v) is 8.14. The number of nitrogens with one attached hydrogen (secondary N) is 1. The Morgan fingerprint density at radius 1 is 1.30 bits per heavy atom. The summed E-state index contributed by atoms with van der Waals surface area (Å²) in [6.07, 6.45) is 0. The van der Waals surface area contributed by atoms with Crippen LogP contribution in [0.25, 0.3) is 0 Å². The normalized spacial score (nSPS) is 19.0. The number of piperazine rings is 1. The van der Waals surface area contributed by atoms with Gasteiger partial charge < -0.3 is 15.1 Å². The number of amides is 3. The average molecular weight is 338 g/mol. The van der Waals surface area contributed by atoms with Crippen LogP contribution in [-0.2, 0) is 4.79 Å². The molecule has 1 heterocycles. The van der Waals surface area contributed by atoms with E-state index in [1.54, 1.807) is 22.8 Å². The predicted octanol–water partition coefficient (Wildman–Crippen LogP) is 3.19. The fraction of sp³-hybridized carbons (Fsp3) is 0.529. The van der Waals surface area contributed by atoms with Gasteiger partial charge in [0.05, 0.1) is 0 Å². The van der Waals surface area contributed by atoms with Crippen molar-refractivity contribution in [3.8, 4) is 0 Å². The maximum Gasteiger partial charge on any atom is 0.318 e. The summed E-state index contributed by atoms with van der Waals surface area (Å²) in [4.78, 5) is 28.4. The average Bonchev–Trinajstić information content (AvgIpc) is 2.40. The SMILES string of the molecule is Cc1cc(Cl)ccc1N1CCN(C(=O)NC(C)(C)C)C(C)C1=O. The number of rotatable bonds is 1. The quantitative estimate of drug-likeness (QED) is 0.855. The Labute approximate surface area is 142 Å². The molecule has 0 spiro atoms. The van der Waals surface area contributed by atoms with E-state index in [2.05, 4.69) is 5.32 Å². The van der Waals surface area contributed by atoms with Gasteiger partial charge in [0.25, 0.3) is 0 Å². The van der Waals surface area contributed by atoms with Crippen molar-refractivity contribution in [1.29, 1.82) is 0 Å². The van der Waals surface area contributed by atoms with Crippen molar-refractivity contribution in [3.63, 3.8) is 0 Å². The van der Waals surface area contributed by atoms with Gasteiger partial charge in [0, 0.05) is 29.3 Å². The molecule has 1 atom stereocenters. The zero-order valence-electron chi connectivity index (χ0n) is 14.3. The molecule has 1 saturated heterocycles. The Balaban J connectivity index is 2.17. The van der Waals surface area contributed by atoms with E-state index in [-0.39, 0.29) is 17.5 Å². The Morgan fingerprint density at radius 2 is 1.96 bits per heavy atom. The maximum absolute atomic E-state index is 12.7. The van der Waals surface area contributed by atoms with Crippen LogP contribution in [0.3, 0.4) is 0 Å². The highest BCUT2D eigenvalue weighted by Crippen LogP contribution is 2.26. The van der Waals surface area contributed by atoms with Crippen LogP contribution in [0.4, 0.5) is 10.5 Å². The molecule has 5 nitrogen and oxygen atoms in total. The van der Waals surface area contributed by atoms with Crippen molar-refractivity contribution in [1.82, 2.24) is 10.2 Å². The van der Waals surface area contributed by atoms with Gasteiger partial charge >= 0.3 is 6.03 Å². The third-order valence-corrected chi connectivity index (χ3v) is 4.08. The van der Waals surface area contributed by atoms with Crippen LogP contribution in [-0.4, -0.2) is 41.5 Å². The lowest BCUT2D eigenvalue weighted by molar-refractivity contribution is -0.124. The number of aryl methyl sites for hydroxylation is 1. The third kappa shape index (κ3) is 3.96.